The molecule has 1 saturated heterocycles. The lowest BCUT2D eigenvalue weighted by atomic mass is 10.1. The number of hydrogen-bond acceptors (Lipinski definition) is 4. The number of nitrogens with one attached hydrogen (secondary N) is 1. The van der Waals surface area contributed by atoms with Crippen LogP contribution in [0.4, 0.5) is 10.1 Å². The van der Waals surface area contributed by atoms with Crippen molar-refractivity contribution in [2.75, 3.05) is 11.9 Å². The Balaban J connectivity index is 1.53. The van der Waals surface area contributed by atoms with Crippen LogP contribution in [0, 0.1) is 5.82 Å². The smallest absolute Gasteiger partial charge is 0.237 e. The minimum atomic E-state index is -0.400. The molecule has 30 heavy (non-hydrogen) atoms. The molecular weight excluding hydrogens is 401 g/mol. The van der Waals surface area contributed by atoms with Crippen molar-refractivity contribution in [2.24, 2.45) is 0 Å². The molecule has 156 valence electrons. The highest BCUT2D eigenvalue weighted by atomic mass is 32.2. The predicted molar refractivity (Wildman–Crippen MR) is 117 cm³/mol. The summed E-state index contributed by atoms with van der Waals surface area (Å²) >= 11 is 1.39. The van der Waals surface area contributed by atoms with E-state index in [0.717, 1.165) is 35.9 Å². The van der Waals surface area contributed by atoms with Gasteiger partial charge in [-0.2, -0.15) is 0 Å². The van der Waals surface area contributed by atoms with Gasteiger partial charge in [-0.3, -0.25) is 4.79 Å². The van der Waals surface area contributed by atoms with E-state index in [-0.39, 0.29) is 17.8 Å². The molecule has 1 aliphatic heterocycles. The van der Waals surface area contributed by atoms with Crippen molar-refractivity contribution < 1.29 is 13.9 Å². The number of thioether (sulfide) groups is 1. The summed E-state index contributed by atoms with van der Waals surface area (Å²) in [5.41, 5.74) is 2.53. The Kier molecular flexibility index (Phi) is 6.50. The highest BCUT2D eigenvalue weighted by Crippen LogP contribution is 2.30. The second-order valence-corrected chi connectivity index (χ2v) is 8.61. The van der Waals surface area contributed by atoms with Crippen molar-refractivity contribution in [1.29, 1.82) is 0 Å². The summed E-state index contributed by atoms with van der Waals surface area (Å²) in [6, 6.07) is 16.0. The van der Waals surface area contributed by atoms with E-state index in [1.807, 2.05) is 31.3 Å². The molecular formula is C23H24FN3O2S. The van der Waals surface area contributed by atoms with E-state index in [2.05, 4.69) is 27.0 Å². The lowest BCUT2D eigenvalue weighted by molar-refractivity contribution is -0.115. The van der Waals surface area contributed by atoms with Crippen molar-refractivity contribution in [3.8, 4) is 11.3 Å². The van der Waals surface area contributed by atoms with Crippen molar-refractivity contribution >= 4 is 23.4 Å². The van der Waals surface area contributed by atoms with Gasteiger partial charge in [-0.25, -0.2) is 9.37 Å². The van der Waals surface area contributed by atoms with Crippen LogP contribution in [0.3, 0.4) is 0 Å². The number of rotatable bonds is 7. The van der Waals surface area contributed by atoms with Crippen LogP contribution in [-0.4, -0.2) is 33.4 Å². The molecule has 1 amide bonds. The van der Waals surface area contributed by atoms with E-state index in [1.165, 1.54) is 23.9 Å². The van der Waals surface area contributed by atoms with Crippen LogP contribution < -0.4 is 5.32 Å². The van der Waals surface area contributed by atoms with Gasteiger partial charge in [0, 0.05) is 12.3 Å². The lowest BCUT2D eigenvalue weighted by Gasteiger charge is -2.18. The van der Waals surface area contributed by atoms with Gasteiger partial charge in [-0.05, 0) is 43.5 Å². The summed E-state index contributed by atoms with van der Waals surface area (Å²) in [5, 5.41) is 3.14. The Hall–Kier alpha value is -2.64. The molecule has 0 aliphatic carbocycles. The number of benzene rings is 2. The van der Waals surface area contributed by atoms with Crippen molar-refractivity contribution in [3.63, 3.8) is 0 Å². The molecule has 0 radical (unpaired) electrons. The summed E-state index contributed by atoms with van der Waals surface area (Å²) in [5.74, 6) is -0.578. The SMILES string of the molecule is C[C@H](Sc1ncc(-c2ccccc2)n1C[C@H]1CCCO1)C(=O)Nc1cccc(F)c1. The summed E-state index contributed by atoms with van der Waals surface area (Å²) in [4.78, 5) is 17.3. The molecule has 1 fully saturated rings. The van der Waals surface area contributed by atoms with E-state index >= 15 is 0 Å². The number of ether oxygens (including phenoxy) is 1. The quantitative estimate of drug-likeness (QED) is 0.542. The van der Waals surface area contributed by atoms with Crippen LogP contribution in [0.1, 0.15) is 19.8 Å². The molecule has 4 rings (SSSR count). The molecule has 0 bridgehead atoms. The van der Waals surface area contributed by atoms with Gasteiger partial charge in [0.05, 0.1) is 29.8 Å². The molecule has 3 aromatic rings. The van der Waals surface area contributed by atoms with Gasteiger partial charge in [0.15, 0.2) is 5.16 Å². The number of imidazole rings is 1. The van der Waals surface area contributed by atoms with Gasteiger partial charge >= 0.3 is 0 Å². The molecule has 0 unspecified atom stereocenters. The Bertz CT molecular complexity index is 1000. The maximum atomic E-state index is 13.4. The predicted octanol–water partition coefficient (Wildman–Crippen LogP) is 4.99. The minimum absolute atomic E-state index is 0.150. The molecule has 1 N–H and O–H groups in total. The normalized spacial score (nSPS) is 17.1. The molecule has 0 saturated carbocycles. The average Bonchev–Trinajstić information content (AvgIpc) is 3.39. The lowest BCUT2D eigenvalue weighted by Crippen LogP contribution is -2.23. The van der Waals surface area contributed by atoms with Gasteiger partial charge in [0.25, 0.3) is 0 Å². The van der Waals surface area contributed by atoms with Crippen molar-refractivity contribution in [3.05, 3.63) is 66.6 Å². The average molecular weight is 426 g/mol. The highest BCUT2D eigenvalue weighted by Gasteiger charge is 2.23. The fraction of sp³-hybridized carbons (Fsp3) is 0.304. The van der Waals surface area contributed by atoms with Gasteiger partial charge in [-0.1, -0.05) is 48.2 Å². The first-order chi connectivity index (χ1) is 14.6. The molecule has 2 aromatic carbocycles. The van der Waals surface area contributed by atoms with Crippen LogP contribution in [0.2, 0.25) is 0 Å². The van der Waals surface area contributed by atoms with Crippen LogP contribution in [0.25, 0.3) is 11.3 Å². The Labute approximate surface area is 179 Å². The number of aromatic nitrogens is 2. The molecule has 2 heterocycles. The van der Waals surface area contributed by atoms with Gasteiger partial charge < -0.3 is 14.6 Å². The highest BCUT2D eigenvalue weighted by molar-refractivity contribution is 8.00. The van der Waals surface area contributed by atoms with Crippen LogP contribution in [0.5, 0.6) is 0 Å². The number of halogens is 1. The van der Waals surface area contributed by atoms with E-state index in [4.69, 9.17) is 4.74 Å². The molecule has 1 aliphatic rings. The van der Waals surface area contributed by atoms with Gasteiger partial charge in [0.1, 0.15) is 5.82 Å². The van der Waals surface area contributed by atoms with E-state index in [1.54, 1.807) is 12.1 Å². The zero-order chi connectivity index (χ0) is 20.9. The second kappa shape index (κ2) is 9.45. The standard InChI is InChI=1S/C23H24FN3O2S/c1-16(22(28)26-19-10-5-9-18(24)13-19)30-23-25-14-21(17-7-3-2-4-8-17)27(23)15-20-11-6-12-29-20/h2-5,7-10,13-14,16,20H,6,11-12,15H2,1H3,(H,26,28)/t16-,20+/m0/s1. The fourth-order valence-corrected chi connectivity index (χ4v) is 4.38. The van der Waals surface area contributed by atoms with Gasteiger partial charge in [0.2, 0.25) is 5.91 Å². The summed E-state index contributed by atoms with van der Waals surface area (Å²) < 4.78 is 21.4. The van der Waals surface area contributed by atoms with Crippen LogP contribution in [0.15, 0.2) is 66.0 Å². The number of anilines is 1. The first-order valence-corrected chi connectivity index (χ1v) is 10.9. The molecule has 0 spiro atoms. The third-order valence-corrected chi connectivity index (χ3v) is 6.15. The third kappa shape index (κ3) is 4.91. The van der Waals surface area contributed by atoms with E-state index < -0.39 is 5.25 Å². The number of hydrogen-bond donors (Lipinski definition) is 1. The number of amides is 1. The third-order valence-electron chi connectivity index (χ3n) is 5.04. The Morgan fingerprint density at radius 3 is 2.87 bits per heavy atom. The number of carbonyl (C=O) groups excluding carboxylic acids is 1. The zero-order valence-corrected chi connectivity index (χ0v) is 17.6. The Morgan fingerprint density at radius 2 is 2.13 bits per heavy atom. The monoisotopic (exact) mass is 425 g/mol. The van der Waals surface area contributed by atoms with Crippen LogP contribution >= 0.6 is 11.8 Å². The first-order valence-electron chi connectivity index (χ1n) is 10.1. The maximum Gasteiger partial charge on any atom is 0.237 e. The topological polar surface area (TPSA) is 56.2 Å². The Morgan fingerprint density at radius 1 is 1.30 bits per heavy atom. The molecule has 5 nitrogen and oxygen atoms in total. The van der Waals surface area contributed by atoms with E-state index in [9.17, 15) is 9.18 Å². The van der Waals surface area contributed by atoms with Gasteiger partial charge in [-0.15, -0.1) is 0 Å². The molecule has 7 heteroatoms. The summed E-state index contributed by atoms with van der Waals surface area (Å²) in [6.45, 7) is 3.31. The van der Waals surface area contributed by atoms with Crippen LogP contribution in [-0.2, 0) is 16.1 Å². The largest absolute Gasteiger partial charge is 0.376 e. The summed E-state index contributed by atoms with van der Waals surface area (Å²) in [7, 11) is 0. The summed E-state index contributed by atoms with van der Waals surface area (Å²) in [6.07, 6.45) is 4.09. The van der Waals surface area contributed by atoms with Crippen molar-refractivity contribution in [1.82, 2.24) is 9.55 Å². The first kappa shape index (κ1) is 20.6. The maximum absolute atomic E-state index is 13.4. The molecule has 2 atom stereocenters. The number of nitrogens with zero attached hydrogens (tertiary/aromatic N) is 2. The number of carbonyl (C=O) groups is 1. The molecule has 1 aromatic heterocycles. The van der Waals surface area contributed by atoms with Crippen molar-refractivity contribution in [2.45, 2.75) is 42.8 Å². The fourth-order valence-electron chi connectivity index (χ4n) is 3.48. The second-order valence-electron chi connectivity index (χ2n) is 7.30. The van der Waals surface area contributed by atoms with E-state index in [0.29, 0.717) is 12.2 Å². The zero-order valence-electron chi connectivity index (χ0n) is 16.8. The minimum Gasteiger partial charge on any atom is -0.376 e.